The topological polar surface area (TPSA) is 59.4 Å². The minimum Gasteiger partial charge on any atom is -0.491 e. The Kier molecular flexibility index (Phi) is 4.08. The number of nitrogens with zero attached hydrogens (tertiary/aromatic N) is 1. The van der Waals surface area contributed by atoms with Crippen LogP contribution >= 0.6 is 23.1 Å². The zero-order chi connectivity index (χ0) is 13.1. The van der Waals surface area contributed by atoms with Gasteiger partial charge in [-0.3, -0.25) is 4.79 Å². The summed E-state index contributed by atoms with van der Waals surface area (Å²) in [5.74, 6) is 0.0221. The summed E-state index contributed by atoms with van der Waals surface area (Å²) < 4.78 is 7.39. The lowest BCUT2D eigenvalue weighted by Gasteiger charge is -2.08. The maximum atomic E-state index is 10.5. The predicted octanol–water partition coefficient (Wildman–Crippen LogP) is 3.26. The number of carboxylic acids is 1. The fraction of sp³-hybridized carbons (Fsp3) is 0.333. The molecule has 6 heteroatoms. The molecule has 2 aromatic rings. The van der Waals surface area contributed by atoms with Crippen molar-refractivity contribution in [1.82, 2.24) is 4.98 Å². The van der Waals surface area contributed by atoms with Crippen molar-refractivity contribution in [2.45, 2.75) is 24.3 Å². The highest BCUT2D eigenvalue weighted by Gasteiger charge is 2.08. The van der Waals surface area contributed by atoms with E-state index in [1.165, 1.54) is 23.1 Å². The molecule has 0 aliphatic heterocycles. The van der Waals surface area contributed by atoms with Crippen LogP contribution in [0.5, 0.6) is 5.75 Å². The summed E-state index contributed by atoms with van der Waals surface area (Å²) in [6.45, 7) is 3.95. The lowest BCUT2D eigenvalue weighted by molar-refractivity contribution is -0.133. The molecule has 0 spiro atoms. The summed E-state index contributed by atoms with van der Waals surface area (Å²) in [6, 6.07) is 5.72. The second kappa shape index (κ2) is 5.58. The van der Waals surface area contributed by atoms with Crippen LogP contribution in [0.1, 0.15) is 13.8 Å². The van der Waals surface area contributed by atoms with Gasteiger partial charge in [0.25, 0.3) is 0 Å². The van der Waals surface area contributed by atoms with Crippen molar-refractivity contribution < 1.29 is 14.6 Å². The van der Waals surface area contributed by atoms with Gasteiger partial charge in [0.05, 0.1) is 22.1 Å². The fourth-order valence-corrected chi connectivity index (χ4v) is 3.23. The Morgan fingerprint density at radius 3 is 3.00 bits per heavy atom. The Morgan fingerprint density at radius 2 is 2.33 bits per heavy atom. The van der Waals surface area contributed by atoms with E-state index < -0.39 is 5.97 Å². The molecule has 1 aromatic carbocycles. The molecule has 1 N–H and O–H groups in total. The summed E-state index contributed by atoms with van der Waals surface area (Å²) in [4.78, 5) is 14.9. The van der Waals surface area contributed by atoms with E-state index in [2.05, 4.69) is 4.98 Å². The number of thiazole rings is 1. The minimum atomic E-state index is -0.830. The average molecular weight is 283 g/mol. The Balaban J connectivity index is 2.19. The largest absolute Gasteiger partial charge is 0.491 e. The minimum absolute atomic E-state index is 0.0369. The normalized spacial score (nSPS) is 11.1. The lowest BCUT2D eigenvalue weighted by Crippen LogP contribution is -2.04. The standard InChI is InChI=1S/C12H13NO3S2/c1-7(2)16-8-3-4-9-10(5-8)18-12(13-9)17-6-11(14)15/h3-5,7H,6H2,1-2H3,(H,14,15). The van der Waals surface area contributed by atoms with Crippen molar-refractivity contribution in [3.8, 4) is 5.75 Å². The molecule has 0 amide bonds. The van der Waals surface area contributed by atoms with Crippen molar-refractivity contribution in [1.29, 1.82) is 0 Å². The van der Waals surface area contributed by atoms with Gasteiger partial charge in [-0.05, 0) is 32.0 Å². The quantitative estimate of drug-likeness (QED) is 0.853. The zero-order valence-corrected chi connectivity index (χ0v) is 11.7. The molecule has 0 unspecified atom stereocenters. The number of thioether (sulfide) groups is 1. The molecule has 0 radical (unpaired) electrons. The number of fused-ring (bicyclic) bond motifs is 1. The van der Waals surface area contributed by atoms with Crippen molar-refractivity contribution in [2.75, 3.05) is 5.75 Å². The smallest absolute Gasteiger partial charge is 0.313 e. The molecule has 1 heterocycles. The summed E-state index contributed by atoms with van der Waals surface area (Å²) in [6.07, 6.45) is 0.135. The number of ether oxygens (including phenoxy) is 1. The van der Waals surface area contributed by atoms with E-state index in [4.69, 9.17) is 9.84 Å². The van der Waals surface area contributed by atoms with Gasteiger partial charge in [-0.2, -0.15) is 0 Å². The third-order valence-corrected chi connectivity index (χ3v) is 4.18. The third kappa shape index (κ3) is 3.36. The van der Waals surface area contributed by atoms with Gasteiger partial charge >= 0.3 is 5.97 Å². The highest BCUT2D eigenvalue weighted by Crippen LogP contribution is 2.31. The molecule has 0 atom stereocenters. The van der Waals surface area contributed by atoms with E-state index in [0.29, 0.717) is 0 Å². The van der Waals surface area contributed by atoms with Crippen LogP contribution in [-0.4, -0.2) is 27.9 Å². The molecule has 0 aliphatic carbocycles. The summed E-state index contributed by atoms with van der Waals surface area (Å²) >= 11 is 2.73. The van der Waals surface area contributed by atoms with E-state index in [1.807, 2.05) is 32.0 Å². The Morgan fingerprint density at radius 1 is 1.56 bits per heavy atom. The summed E-state index contributed by atoms with van der Waals surface area (Å²) in [7, 11) is 0. The van der Waals surface area contributed by atoms with Crippen LogP contribution < -0.4 is 4.74 Å². The van der Waals surface area contributed by atoms with Gasteiger partial charge < -0.3 is 9.84 Å². The van der Waals surface area contributed by atoms with Crippen LogP contribution in [0.25, 0.3) is 10.2 Å². The van der Waals surface area contributed by atoms with Crippen LogP contribution in [0.15, 0.2) is 22.5 Å². The lowest BCUT2D eigenvalue weighted by atomic mass is 10.3. The van der Waals surface area contributed by atoms with E-state index in [-0.39, 0.29) is 11.9 Å². The van der Waals surface area contributed by atoms with Crippen LogP contribution in [0.3, 0.4) is 0 Å². The Hall–Kier alpha value is -1.27. The molecular weight excluding hydrogens is 270 g/mol. The second-order valence-electron chi connectivity index (χ2n) is 3.96. The molecule has 1 aromatic heterocycles. The van der Waals surface area contributed by atoms with Crippen molar-refractivity contribution in [2.24, 2.45) is 0 Å². The summed E-state index contributed by atoms with van der Waals surface area (Å²) in [5, 5.41) is 8.63. The molecule has 4 nitrogen and oxygen atoms in total. The Labute approximate surface area is 113 Å². The number of hydrogen-bond donors (Lipinski definition) is 1. The van der Waals surface area contributed by atoms with E-state index >= 15 is 0 Å². The Bertz CT molecular complexity index is 565. The van der Waals surface area contributed by atoms with Crippen molar-refractivity contribution in [3.05, 3.63) is 18.2 Å². The molecular formula is C12H13NO3S2. The second-order valence-corrected chi connectivity index (χ2v) is 6.21. The number of hydrogen-bond acceptors (Lipinski definition) is 5. The maximum Gasteiger partial charge on any atom is 0.313 e. The van der Waals surface area contributed by atoms with Gasteiger partial charge in [-0.15, -0.1) is 11.3 Å². The van der Waals surface area contributed by atoms with Gasteiger partial charge in [-0.1, -0.05) is 11.8 Å². The number of aliphatic carboxylic acids is 1. The fourth-order valence-electron chi connectivity index (χ4n) is 1.41. The molecule has 0 fully saturated rings. The number of aromatic nitrogens is 1. The monoisotopic (exact) mass is 283 g/mol. The highest BCUT2D eigenvalue weighted by molar-refractivity contribution is 8.01. The van der Waals surface area contributed by atoms with Crippen LogP contribution in [0, 0.1) is 0 Å². The zero-order valence-electron chi connectivity index (χ0n) is 10.0. The third-order valence-electron chi connectivity index (χ3n) is 2.03. The van der Waals surface area contributed by atoms with Gasteiger partial charge in [0.15, 0.2) is 4.34 Å². The first-order chi connectivity index (χ1) is 8.54. The molecule has 0 bridgehead atoms. The molecule has 0 aliphatic rings. The number of carbonyl (C=O) groups is 1. The molecule has 0 saturated carbocycles. The van der Waals surface area contributed by atoms with E-state index in [0.717, 1.165) is 20.3 Å². The molecule has 2 rings (SSSR count). The van der Waals surface area contributed by atoms with Crippen molar-refractivity contribution in [3.63, 3.8) is 0 Å². The van der Waals surface area contributed by atoms with Crippen molar-refractivity contribution >= 4 is 39.3 Å². The van der Waals surface area contributed by atoms with Gasteiger partial charge in [0.2, 0.25) is 0 Å². The molecule has 96 valence electrons. The van der Waals surface area contributed by atoms with Crippen LogP contribution in [-0.2, 0) is 4.79 Å². The SMILES string of the molecule is CC(C)Oc1ccc2nc(SCC(=O)O)sc2c1. The maximum absolute atomic E-state index is 10.5. The summed E-state index contributed by atoms with van der Waals surface area (Å²) in [5.41, 5.74) is 0.879. The number of rotatable bonds is 5. The van der Waals surface area contributed by atoms with E-state index in [9.17, 15) is 4.79 Å². The first-order valence-electron chi connectivity index (χ1n) is 5.46. The van der Waals surface area contributed by atoms with Gasteiger partial charge in [0, 0.05) is 0 Å². The van der Waals surface area contributed by atoms with Crippen LogP contribution in [0.4, 0.5) is 0 Å². The first-order valence-corrected chi connectivity index (χ1v) is 7.26. The predicted molar refractivity (Wildman–Crippen MR) is 73.7 cm³/mol. The highest BCUT2D eigenvalue weighted by atomic mass is 32.2. The first kappa shape index (κ1) is 13.2. The van der Waals surface area contributed by atoms with Crippen LogP contribution in [0.2, 0.25) is 0 Å². The van der Waals surface area contributed by atoms with Gasteiger partial charge in [0.1, 0.15) is 5.75 Å². The average Bonchev–Trinajstić information content (AvgIpc) is 2.67. The molecule has 0 saturated heterocycles. The number of benzene rings is 1. The van der Waals surface area contributed by atoms with E-state index in [1.54, 1.807) is 0 Å². The van der Waals surface area contributed by atoms with Gasteiger partial charge in [-0.25, -0.2) is 4.98 Å². The molecule has 18 heavy (non-hydrogen) atoms. The number of carboxylic acid groups (broad SMARTS) is 1.